The van der Waals surface area contributed by atoms with Crippen molar-refractivity contribution in [3.8, 4) is 22.5 Å². The Morgan fingerprint density at radius 3 is 2.75 bits per heavy atom. The number of hydrogen-bond acceptors (Lipinski definition) is 6. The summed E-state index contributed by atoms with van der Waals surface area (Å²) in [5.74, 6) is -0.259. The number of anilines is 2. The fourth-order valence-corrected chi connectivity index (χ4v) is 4.80. The summed E-state index contributed by atoms with van der Waals surface area (Å²) in [5.41, 5.74) is 10.4. The SMILES string of the molecule is CC1CCCC(n2cnc(-c3cc(Cl)ccc3N)cc2=O)c2cc(ccn2)-c2c(cnn2C)NC1=O. The average Bonchev–Trinajstić information content (AvgIpc) is 3.22. The summed E-state index contributed by atoms with van der Waals surface area (Å²) < 4.78 is 3.31. The van der Waals surface area contributed by atoms with E-state index in [9.17, 15) is 9.59 Å². The van der Waals surface area contributed by atoms with Crippen LogP contribution in [0.25, 0.3) is 22.5 Å². The summed E-state index contributed by atoms with van der Waals surface area (Å²) in [7, 11) is 1.83. The van der Waals surface area contributed by atoms with Gasteiger partial charge in [-0.25, -0.2) is 4.98 Å². The summed E-state index contributed by atoms with van der Waals surface area (Å²) in [6.45, 7) is 1.90. The maximum absolute atomic E-state index is 13.3. The molecule has 0 aliphatic carbocycles. The van der Waals surface area contributed by atoms with Crippen LogP contribution >= 0.6 is 11.6 Å². The van der Waals surface area contributed by atoms with Gasteiger partial charge in [0, 0.05) is 47.1 Å². The van der Waals surface area contributed by atoms with Crippen LogP contribution in [0.3, 0.4) is 0 Å². The molecule has 4 aromatic rings. The van der Waals surface area contributed by atoms with Crippen LogP contribution in [-0.4, -0.2) is 30.2 Å². The molecule has 5 rings (SSSR count). The Hall–Kier alpha value is -3.98. The van der Waals surface area contributed by atoms with Gasteiger partial charge in [-0.3, -0.25) is 23.8 Å². The van der Waals surface area contributed by atoms with Gasteiger partial charge in [-0.1, -0.05) is 24.9 Å². The fourth-order valence-electron chi connectivity index (χ4n) is 4.62. The van der Waals surface area contributed by atoms with Crippen LogP contribution in [-0.2, 0) is 11.8 Å². The molecule has 3 N–H and O–H groups in total. The number of rotatable bonds is 2. The minimum absolute atomic E-state index is 0.0575. The van der Waals surface area contributed by atoms with Crippen molar-refractivity contribution in [2.75, 3.05) is 11.1 Å². The molecule has 1 amide bonds. The Bertz CT molecular complexity index is 1510. The van der Waals surface area contributed by atoms with Crippen LogP contribution in [0, 0.1) is 5.92 Å². The topological polar surface area (TPSA) is 121 Å². The second-order valence-corrected chi connectivity index (χ2v) is 9.52. The molecule has 0 fully saturated rings. The maximum atomic E-state index is 13.3. The molecule has 184 valence electrons. The average molecular weight is 504 g/mol. The minimum Gasteiger partial charge on any atom is -0.398 e. The number of nitrogen functional groups attached to an aromatic ring is 1. The number of aromatic nitrogens is 5. The molecule has 2 unspecified atom stereocenters. The zero-order valence-corrected chi connectivity index (χ0v) is 20.7. The van der Waals surface area contributed by atoms with Gasteiger partial charge in [-0.05, 0) is 43.2 Å². The lowest BCUT2D eigenvalue weighted by Gasteiger charge is -2.22. The molecular weight excluding hydrogens is 478 g/mol. The third kappa shape index (κ3) is 4.49. The second kappa shape index (κ2) is 9.58. The zero-order chi connectivity index (χ0) is 25.4. The van der Waals surface area contributed by atoms with E-state index < -0.39 is 0 Å². The van der Waals surface area contributed by atoms with Gasteiger partial charge in [0.2, 0.25) is 5.91 Å². The number of fused-ring (bicyclic) bond motifs is 4. The van der Waals surface area contributed by atoms with Crippen molar-refractivity contribution in [1.82, 2.24) is 24.3 Å². The van der Waals surface area contributed by atoms with Gasteiger partial charge < -0.3 is 11.1 Å². The van der Waals surface area contributed by atoms with Crippen molar-refractivity contribution in [2.45, 2.75) is 32.2 Å². The summed E-state index contributed by atoms with van der Waals surface area (Å²) in [5, 5.41) is 7.87. The van der Waals surface area contributed by atoms with E-state index in [1.54, 1.807) is 39.8 Å². The van der Waals surface area contributed by atoms with Gasteiger partial charge in [0.25, 0.3) is 5.56 Å². The largest absolute Gasteiger partial charge is 0.398 e. The Morgan fingerprint density at radius 1 is 1.11 bits per heavy atom. The molecule has 10 heteroatoms. The number of carbonyl (C=O) groups is 1. The number of nitrogens with zero attached hydrogens (tertiary/aromatic N) is 5. The van der Waals surface area contributed by atoms with E-state index in [1.165, 1.54) is 12.4 Å². The third-order valence-corrected chi connectivity index (χ3v) is 6.85. The number of halogens is 1. The molecule has 0 radical (unpaired) electrons. The summed E-state index contributed by atoms with van der Waals surface area (Å²) in [6.07, 6.45) is 6.90. The lowest BCUT2D eigenvalue weighted by Crippen LogP contribution is -2.27. The standard InChI is InChI=1S/C26H26ClN7O2/c1-15-4-3-5-23(34-14-30-20(12-24(34)35)18-11-17(27)6-7-19(18)28)21-10-16(8-9-29-21)25-22(32-26(15)36)13-31-33(25)2/h6-15,23H,3-5,28H2,1-2H3,(H,32,36). The highest BCUT2D eigenvalue weighted by atomic mass is 35.5. The van der Waals surface area contributed by atoms with Crippen molar-refractivity contribution in [2.24, 2.45) is 13.0 Å². The van der Waals surface area contributed by atoms with E-state index in [0.717, 1.165) is 23.4 Å². The van der Waals surface area contributed by atoms with Crippen molar-refractivity contribution >= 4 is 28.9 Å². The van der Waals surface area contributed by atoms with Gasteiger partial charge >= 0.3 is 0 Å². The van der Waals surface area contributed by atoms with Crippen LogP contribution in [0.4, 0.5) is 11.4 Å². The van der Waals surface area contributed by atoms with Gasteiger partial charge in [0.05, 0.1) is 41.3 Å². The van der Waals surface area contributed by atoms with E-state index in [2.05, 4.69) is 20.4 Å². The van der Waals surface area contributed by atoms with Gasteiger partial charge in [-0.2, -0.15) is 5.10 Å². The molecule has 9 nitrogen and oxygen atoms in total. The first-order valence-electron chi connectivity index (χ1n) is 11.7. The van der Waals surface area contributed by atoms with Crippen LogP contribution in [0.1, 0.15) is 37.9 Å². The number of pyridine rings is 1. The van der Waals surface area contributed by atoms with Crippen LogP contribution < -0.4 is 16.6 Å². The summed E-state index contributed by atoms with van der Waals surface area (Å²) in [4.78, 5) is 35.3. The fraction of sp³-hybridized carbons (Fsp3) is 0.269. The molecule has 36 heavy (non-hydrogen) atoms. The van der Waals surface area contributed by atoms with E-state index in [4.69, 9.17) is 17.3 Å². The molecule has 4 heterocycles. The molecule has 2 bridgehead atoms. The highest BCUT2D eigenvalue weighted by Crippen LogP contribution is 2.33. The van der Waals surface area contributed by atoms with Crippen LogP contribution in [0.15, 0.2) is 59.9 Å². The summed E-state index contributed by atoms with van der Waals surface area (Å²) >= 11 is 6.14. The lowest BCUT2D eigenvalue weighted by atomic mass is 9.97. The Balaban J connectivity index is 1.60. The Labute approximate surface area is 213 Å². The van der Waals surface area contributed by atoms with Crippen molar-refractivity contribution < 1.29 is 4.79 Å². The zero-order valence-electron chi connectivity index (χ0n) is 20.0. The maximum Gasteiger partial charge on any atom is 0.254 e. The third-order valence-electron chi connectivity index (χ3n) is 6.62. The van der Waals surface area contributed by atoms with E-state index in [0.29, 0.717) is 40.5 Å². The number of amides is 1. The number of carbonyl (C=O) groups excluding carboxylic acids is 1. The van der Waals surface area contributed by atoms with Crippen molar-refractivity contribution in [3.63, 3.8) is 0 Å². The number of nitrogens with two attached hydrogens (primary N) is 1. The van der Waals surface area contributed by atoms with E-state index in [-0.39, 0.29) is 23.4 Å². The lowest BCUT2D eigenvalue weighted by molar-refractivity contribution is -0.119. The van der Waals surface area contributed by atoms with E-state index in [1.807, 2.05) is 26.1 Å². The smallest absolute Gasteiger partial charge is 0.254 e. The van der Waals surface area contributed by atoms with Crippen LogP contribution in [0.5, 0.6) is 0 Å². The predicted molar refractivity (Wildman–Crippen MR) is 140 cm³/mol. The molecule has 0 spiro atoms. The Kier molecular flexibility index (Phi) is 6.32. The molecule has 3 aromatic heterocycles. The number of benzene rings is 1. The minimum atomic E-state index is -0.359. The van der Waals surface area contributed by atoms with Gasteiger partial charge in [0.15, 0.2) is 0 Å². The number of aryl methyl sites for hydroxylation is 1. The number of hydrogen-bond donors (Lipinski definition) is 2. The number of nitrogens with one attached hydrogen (secondary N) is 1. The molecule has 0 saturated carbocycles. The first-order valence-corrected chi connectivity index (χ1v) is 12.1. The van der Waals surface area contributed by atoms with Crippen molar-refractivity contribution in [3.05, 3.63) is 76.2 Å². The first kappa shape index (κ1) is 23.7. The highest BCUT2D eigenvalue weighted by molar-refractivity contribution is 6.31. The van der Waals surface area contributed by atoms with Gasteiger partial charge in [-0.15, -0.1) is 0 Å². The second-order valence-electron chi connectivity index (χ2n) is 9.09. The quantitative estimate of drug-likeness (QED) is 0.394. The Morgan fingerprint density at radius 2 is 1.94 bits per heavy atom. The van der Waals surface area contributed by atoms with Gasteiger partial charge in [0.1, 0.15) is 0 Å². The predicted octanol–water partition coefficient (Wildman–Crippen LogP) is 4.29. The molecule has 1 aliphatic rings. The monoisotopic (exact) mass is 503 g/mol. The molecule has 1 aliphatic heterocycles. The van der Waals surface area contributed by atoms with Crippen molar-refractivity contribution in [1.29, 1.82) is 0 Å². The summed E-state index contributed by atoms with van der Waals surface area (Å²) in [6, 6.07) is 10.0. The normalized spacial score (nSPS) is 18.0. The molecule has 0 saturated heterocycles. The van der Waals surface area contributed by atoms with E-state index >= 15 is 0 Å². The first-order chi connectivity index (χ1) is 17.3. The van der Waals surface area contributed by atoms with Crippen LogP contribution in [0.2, 0.25) is 5.02 Å². The molecule has 1 aromatic carbocycles. The molecular formula is C26H26ClN7O2. The molecule has 2 atom stereocenters. The highest BCUT2D eigenvalue weighted by Gasteiger charge is 2.24.